The Morgan fingerprint density at radius 1 is 1.56 bits per heavy atom. The number of nitrogens with zero attached hydrogens (tertiary/aromatic N) is 1. The second-order valence-corrected chi connectivity index (χ2v) is 4.14. The summed E-state index contributed by atoms with van der Waals surface area (Å²) in [4.78, 5) is 21.8. The van der Waals surface area contributed by atoms with Crippen molar-refractivity contribution < 1.29 is 14.1 Å². The van der Waals surface area contributed by atoms with Crippen molar-refractivity contribution in [2.75, 3.05) is 0 Å². The number of halogens is 1. The quantitative estimate of drug-likeness (QED) is 0.505. The third kappa shape index (κ3) is 3.04. The van der Waals surface area contributed by atoms with Gasteiger partial charge in [-0.1, -0.05) is 5.92 Å². The SMILES string of the molecule is C#CC(C)(C)NC(=O)c1cc(F)ccc1[N+](=O)[O-]. The first-order chi connectivity index (χ1) is 8.26. The van der Waals surface area contributed by atoms with E-state index in [2.05, 4.69) is 11.2 Å². The fourth-order valence-corrected chi connectivity index (χ4v) is 1.24. The summed E-state index contributed by atoms with van der Waals surface area (Å²) >= 11 is 0. The molecule has 18 heavy (non-hydrogen) atoms. The first kappa shape index (κ1) is 13.6. The molecule has 5 nitrogen and oxygen atoms in total. The van der Waals surface area contributed by atoms with Crippen LogP contribution >= 0.6 is 0 Å². The summed E-state index contributed by atoms with van der Waals surface area (Å²) in [6, 6.07) is 2.66. The van der Waals surface area contributed by atoms with Crippen molar-refractivity contribution in [3.63, 3.8) is 0 Å². The number of amides is 1. The molecule has 0 heterocycles. The van der Waals surface area contributed by atoms with Crippen LogP contribution in [-0.2, 0) is 0 Å². The van der Waals surface area contributed by atoms with Crippen molar-refractivity contribution in [3.8, 4) is 12.3 Å². The predicted molar refractivity (Wildman–Crippen MR) is 63.4 cm³/mol. The lowest BCUT2D eigenvalue weighted by molar-refractivity contribution is -0.385. The highest BCUT2D eigenvalue weighted by atomic mass is 19.1. The van der Waals surface area contributed by atoms with Gasteiger partial charge in [-0.05, 0) is 26.0 Å². The van der Waals surface area contributed by atoms with E-state index in [0.29, 0.717) is 0 Å². The minimum absolute atomic E-state index is 0.358. The van der Waals surface area contributed by atoms with E-state index in [4.69, 9.17) is 6.42 Å². The normalized spacial score (nSPS) is 10.6. The number of nitro benzene ring substituents is 1. The van der Waals surface area contributed by atoms with Crippen molar-refractivity contribution in [3.05, 3.63) is 39.7 Å². The lowest BCUT2D eigenvalue weighted by atomic mass is 10.1. The molecule has 0 aliphatic rings. The molecule has 1 aromatic carbocycles. The Balaban J connectivity index is 3.17. The third-order valence-corrected chi connectivity index (χ3v) is 2.19. The van der Waals surface area contributed by atoms with Gasteiger partial charge < -0.3 is 5.32 Å². The van der Waals surface area contributed by atoms with Crippen LogP contribution in [0.3, 0.4) is 0 Å². The first-order valence-corrected chi connectivity index (χ1v) is 5.01. The number of hydrogen-bond acceptors (Lipinski definition) is 3. The molecule has 1 N–H and O–H groups in total. The molecule has 0 bridgehead atoms. The molecule has 0 aromatic heterocycles. The van der Waals surface area contributed by atoms with Gasteiger partial charge in [0.15, 0.2) is 0 Å². The highest BCUT2D eigenvalue weighted by molar-refractivity contribution is 5.98. The topological polar surface area (TPSA) is 72.2 Å². The minimum Gasteiger partial charge on any atom is -0.336 e. The summed E-state index contributed by atoms with van der Waals surface area (Å²) in [5.41, 5.74) is -1.80. The fraction of sp³-hybridized carbons (Fsp3) is 0.250. The lowest BCUT2D eigenvalue weighted by Gasteiger charge is -2.19. The molecular formula is C12H11FN2O3. The molecule has 1 aromatic rings. The number of carbonyl (C=O) groups excluding carboxylic acids is 1. The average Bonchev–Trinajstić information content (AvgIpc) is 2.28. The average molecular weight is 250 g/mol. The van der Waals surface area contributed by atoms with E-state index >= 15 is 0 Å². The molecule has 0 atom stereocenters. The number of nitrogens with one attached hydrogen (secondary N) is 1. The van der Waals surface area contributed by atoms with Gasteiger partial charge in [0.05, 0.1) is 10.5 Å². The third-order valence-electron chi connectivity index (χ3n) is 2.19. The van der Waals surface area contributed by atoms with Gasteiger partial charge in [0.1, 0.15) is 11.4 Å². The van der Waals surface area contributed by atoms with Crippen LogP contribution in [0.15, 0.2) is 18.2 Å². The Morgan fingerprint density at radius 2 is 2.17 bits per heavy atom. The maximum Gasteiger partial charge on any atom is 0.282 e. The van der Waals surface area contributed by atoms with Gasteiger partial charge in [-0.15, -0.1) is 6.42 Å². The Hall–Kier alpha value is -2.42. The molecule has 94 valence electrons. The van der Waals surface area contributed by atoms with E-state index in [0.717, 1.165) is 18.2 Å². The molecule has 1 rings (SSSR count). The van der Waals surface area contributed by atoms with Crippen molar-refractivity contribution in [2.45, 2.75) is 19.4 Å². The van der Waals surface area contributed by atoms with Crippen molar-refractivity contribution in [1.82, 2.24) is 5.32 Å². The zero-order valence-electron chi connectivity index (χ0n) is 9.86. The summed E-state index contributed by atoms with van der Waals surface area (Å²) in [5, 5.41) is 13.1. The van der Waals surface area contributed by atoms with Crippen LogP contribution in [0.25, 0.3) is 0 Å². The molecule has 0 spiro atoms. The molecular weight excluding hydrogens is 239 g/mol. The zero-order valence-corrected chi connectivity index (χ0v) is 9.86. The second kappa shape index (κ2) is 4.84. The molecule has 0 fully saturated rings. The van der Waals surface area contributed by atoms with Gasteiger partial charge in [0.25, 0.3) is 11.6 Å². The molecule has 0 aliphatic carbocycles. The van der Waals surface area contributed by atoms with Gasteiger partial charge in [0, 0.05) is 6.07 Å². The Morgan fingerprint density at radius 3 is 2.67 bits per heavy atom. The van der Waals surface area contributed by atoms with Gasteiger partial charge in [-0.3, -0.25) is 14.9 Å². The van der Waals surface area contributed by atoms with E-state index in [9.17, 15) is 19.3 Å². The molecule has 0 aliphatic heterocycles. The van der Waals surface area contributed by atoms with E-state index in [-0.39, 0.29) is 5.56 Å². The van der Waals surface area contributed by atoms with Crippen LogP contribution < -0.4 is 5.32 Å². The number of benzene rings is 1. The smallest absolute Gasteiger partial charge is 0.282 e. The summed E-state index contributed by atoms with van der Waals surface area (Å²) in [5.74, 6) is 0.790. The summed E-state index contributed by atoms with van der Waals surface area (Å²) < 4.78 is 13.0. The number of nitro groups is 1. The number of rotatable bonds is 3. The summed E-state index contributed by atoms with van der Waals surface area (Å²) in [7, 11) is 0. The zero-order chi connectivity index (χ0) is 13.9. The van der Waals surface area contributed by atoms with Gasteiger partial charge in [-0.25, -0.2) is 4.39 Å². The van der Waals surface area contributed by atoms with Crippen LogP contribution in [0.1, 0.15) is 24.2 Å². The molecule has 0 radical (unpaired) electrons. The Bertz CT molecular complexity index is 547. The monoisotopic (exact) mass is 250 g/mol. The van der Waals surface area contributed by atoms with Crippen LogP contribution in [-0.4, -0.2) is 16.4 Å². The highest BCUT2D eigenvalue weighted by Crippen LogP contribution is 2.20. The van der Waals surface area contributed by atoms with E-state index < -0.39 is 27.9 Å². The van der Waals surface area contributed by atoms with E-state index in [1.165, 1.54) is 0 Å². The highest BCUT2D eigenvalue weighted by Gasteiger charge is 2.25. The van der Waals surface area contributed by atoms with Crippen LogP contribution in [0.4, 0.5) is 10.1 Å². The summed E-state index contributed by atoms with van der Waals surface area (Å²) in [6.07, 6.45) is 5.19. The Labute approximate surface area is 103 Å². The van der Waals surface area contributed by atoms with Gasteiger partial charge in [0.2, 0.25) is 0 Å². The number of carbonyl (C=O) groups is 1. The van der Waals surface area contributed by atoms with Gasteiger partial charge in [-0.2, -0.15) is 0 Å². The number of hydrogen-bond donors (Lipinski definition) is 1. The maximum atomic E-state index is 13.0. The molecule has 6 heteroatoms. The minimum atomic E-state index is -0.975. The molecule has 1 amide bonds. The second-order valence-electron chi connectivity index (χ2n) is 4.14. The Kier molecular flexibility index (Phi) is 3.67. The van der Waals surface area contributed by atoms with Crippen molar-refractivity contribution >= 4 is 11.6 Å². The van der Waals surface area contributed by atoms with E-state index in [1.807, 2.05) is 0 Å². The standard InChI is InChI=1S/C12H11FN2O3/c1-4-12(2,3)14-11(16)9-7-8(13)5-6-10(9)15(17)18/h1,5-7H,2-3H3,(H,14,16). The molecule has 0 saturated carbocycles. The van der Waals surface area contributed by atoms with Crippen LogP contribution in [0.5, 0.6) is 0 Å². The fourth-order valence-electron chi connectivity index (χ4n) is 1.24. The first-order valence-electron chi connectivity index (χ1n) is 5.01. The lowest BCUT2D eigenvalue weighted by Crippen LogP contribution is -2.42. The number of terminal acetylenes is 1. The van der Waals surface area contributed by atoms with Gasteiger partial charge >= 0.3 is 0 Å². The predicted octanol–water partition coefficient (Wildman–Crippen LogP) is 1.88. The van der Waals surface area contributed by atoms with Crippen LogP contribution in [0, 0.1) is 28.3 Å². The summed E-state index contributed by atoms with van der Waals surface area (Å²) in [6.45, 7) is 3.10. The van der Waals surface area contributed by atoms with Crippen LogP contribution in [0.2, 0.25) is 0 Å². The largest absolute Gasteiger partial charge is 0.336 e. The molecule has 0 saturated heterocycles. The van der Waals surface area contributed by atoms with E-state index in [1.54, 1.807) is 13.8 Å². The maximum absolute atomic E-state index is 13.0. The molecule has 0 unspecified atom stereocenters. The van der Waals surface area contributed by atoms with Crippen molar-refractivity contribution in [1.29, 1.82) is 0 Å². The van der Waals surface area contributed by atoms with Crippen molar-refractivity contribution in [2.24, 2.45) is 0 Å².